The van der Waals surface area contributed by atoms with Crippen LogP contribution in [0, 0.1) is 6.92 Å². The zero-order chi connectivity index (χ0) is 23.0. The van der Waals surface area contributed by atoms with Crippen LogP contribution in [0.1, 0.15) is 18.9 Å². The Labute approximate surface area is 186 Å². The number of hydrogen-bond acceptors (Lipinski definition) is 5. The average molecular weight is 442 g/mol. The van der Waals surface area contributed by atoms with Crippen molar-refractivity contribution in [3.05, 3.63) is 65.4 Å². The third kappa shape index (κ3) is 7.34. The molecule has 31 heavy (non-hydrogen) atoms. The Bertz CT molecular complexity index is 979. The van der Waals surface area contributed by atoms with Crippen LogP contribution in [0.2, 0.25) is 0 Å². The van der Waals surface area contributed by atoms with Gasteiger partial charge in [-0.3, -0.25) is 9.00 Å². The van der Waals surface area contributed by atoms with Crippen molar-refractivity contribution >= 4 is 28.5 Å². The van der Waals surface area contributed by atoms with Crippen LogP contribution in [0.25, 0.3) is 11.1 Å². The third-order valence-corrected chi connectivity index (χ3v) is 4.90. The van der Waals surface area contributed by atoms with Gasteiger partial charge in [0.05, 0.1) is 12.2 Å². The van der Waals surface area contributed by atoms with Crippen molar-refractivity contribution in [1.29, 1.82) is 0 Å². The highest BCUT2D eigenvalue weighted by atomic mass is 32.2. The summed E-state index contributed by atoms with van der Waals surface area (Å²) < 4.78 is 18.0. The van der Waals surface area contributed by atoms with E-state index in [4.69, 9.17) is 14.5 Å². The smallest absolute Gasteiger partial charge is 0.219 e. The number of carbonyl (C=O) groups is 1. The molecule has 0 bridgehead atoms. The summed E-state index contributed by atoms with van der Waals surface area (Å²) in [6, 6.07) is 16.5. The molecule has 0 aromatic heterocycles. The van der Waals surface area contributed by atoms with Gasteiger partial charge in [-0.05, 0) is 36.4 Å². The molecule has 0 aliphatic carbocycles. The number of rotatable bonds is 4. The maximum Gasteiger partial charge on any atom is 0.219 e. The molecule has 3 rings (SSSR count). The molecule has 3 N–H and O–H groups in total. The van der Waals surface area contributed by atoms with E-state index in [9.17, 15) is 4.79 Å². The number of nitrogens with zero attached hydrogens (tertiary/aromatic N) is 2. The summed E-state index contributed by atoms with van der Waals surface area (Å²) in [5, 5.41) is 3.20. The molecule has 7 nitrogen and oxygen atoms in total. The monoisotopic (exact) mass is 441 g/mol. The molecule has 0 radical (unpaired) electrons. The van der Waals surface area contributed by atoms with Gasteiger partial charge in [0.1, 0.15) is 5.84 Å². The number of amidine groups is 1. The minimum atomic E-state index is -1.86. The number of aliphatic imine (C=N–C) groups is 1. The average Bonchev–Trinajstić information content (AvgIpc) is 2.74. The zero-order valence-electron chi connectivity index (χ0n) is 18.3. The molecule has 1 aliphatic rings. The van der Waals surface area contributed by atoms with Gasteiger partial charge in [-0.15, -0.1) is 0 Å². The molecule has 0 fully saturated rings. The van der Waals surface area contributed by atoms with E-state index in [1.54, 1.807) is 11.8 Å². The van der Waals surface area contributed by atoms with E-state index >= 15 is 0 Å². The van der Waals surface area contributed by atoms with E-state index < -0.39 is 11.1 Å². The highest BCUT2D eigenvalue weighted by Gasteiger charge is 2.22. The first-order valence-corrected chi connectivity index (χ1v) is 11.4. The van der Waals surface area contributed by atoms with Crippen molar-refractivity contribution in [2.45, 2.75) is 20.3 Å². The van der Waals surface area contributed by atoms with Gasteiger partial charge in [0.15, 0.2) is 0 Å². The van der Waals surface area contributed by atoms with Crippen molar-refractivity contribution < 1.29 is 13.6 Å². The van der Waals surface area contributed by atoms with E-state index in [1.807, 2.05) is 31.3 Å². The van der Waals surface area contributed by atoms with Gasteiger partial charge in [0.25, 0.3) is 0 Å². The largest absolute Gasteiger partial charge is 0.773 e. The zero-order valence-corrected chi connectivity index (χ0v) is 19.2. The van der Waals surface area contributed by atoms with E-state index in [0.717, 1.165) is 35.2 Å². The Balaban J connectivity index is 0.000000785. The molecule has 1 atom stereocenters. The number of carbonyl (C=O) groups excluding carboxylic acids is 1. The molecular formula is C23H29N4O3S-. The molecule has 1 amide bonds. The SMILES string of the molecule is CNC1=C(C(N)=Nc2ccc(-c3ccc(C)cc3)cc2)CN(C(C)=O)CC1.CS(=O)[O-]. The van der Waals surface area contributed by atoms with Crippen molar-refractivity contribution in [3.63, 3.8) is 0 Å². The Hall–Kier alpha value is -2.97. The van der Waals surface area contributed by atoms with Gasteiger partial charge in [-0.2, -0.15) is 0 Å². The molecule has 1 aliphatic heterocycles. The van der Waals surface area contributed by atoms with Crippen molar-refractivity contribution in [2.24, 2.45) is 10.7 Å². The second-order valence-electron chi connectivity index (χ2n) is 7.21. The molecule has 1 unspecified atom stereocenters. The highest BCUT2D eigenvalue weighted by Crippen LogP contribution is 2.24. The van der Waals surface area contributed by atoms with Crippen LogP contribution in [-0.2, 0) is 15.9 Å². The van der Waals surface area contributed by atoms with Gasteiger partial charge in [-0.25, -0.2) is 4.99 Å². The minimum absolute atomic E-state index is 0.0536. The first-order valence-electron chi connectivity index (χ1n) is 9.89. The third-order valence-electron chi connectivity index (χ3n) is 4.90. The normalized spacial score (nSPS) is 15.1. The van der Waals surface area contributed by atoms with E-state index in [1.165, 1.54) is 11.1 Å². The number of nitrogens with two attached hydrogens (primary N) is 1. The van der Waals surface area contributed by atoms with Crippen LogP contribution >= 0.6 is 0 Å². The summed E-state index contributed by atoms with van der Waals surface area (Å²) in [6.45, 7) is 4.85. The van der Waals surface area contributed by atoms with E-state index in [2.05, 4.69) is 41.5 Å². The number of amides is 1. The summed E-state index contributed by atoms with van der Waals surface area (Å²) in [6.07, 6.45) is 1.84. The lowest BCUT2D eigenvalue weighted by Gasteiger charge is -2.29. The lowest BCUT2D eigenvalue weighted by atomic mass is 10.0. The second-order valence-corrected chi connectivity index (χ2v) is 8.01. The second kappa shape index (κ2) is 11.4. The van der Waals surface area contributed by atoms with Crippen LogP contribution in [-0.4, -0.2) is 51.8 Å². The summed E-state index contributed by atoms with van der Waals surface area (Å²) in [4.78, 5) is 18.1. The van der Waals surface area contributed by atoms with Crippen molar-refractivity contribution in [2.75, 3.05) is 26.4 Å². The lowest BCUT2D eigenvalue weighted by molar-refractivity contribution is -0.128. The number of hydrogen-bond donors (Lipinski definition) is 2. The molecule has 8 heteroatoms. The Kier molecular flexibility index (Phi) is 8.96. The van der Waals surface area contributed by atoms with Crippen LogP contribution in [0.5, 0.6) is 0 Å². The summed E-state index contributed by atoms with van der Waals surface area (Å²) >= 11 is -1.86. The van der Waals surface area contributed by atoms with Crippen LogP contribution in [0.3, 0.4) is 0 Å². The fourth-order valence-corrected chi connectivity index (χ4v) is 3.22. The van der Waals surface area contributed by atoms with Gasteiger partial charge >= 0.3 is 0 Å². The first kappa shape index (κ1) is 24.3. The molecule has 2 aromatic rings. The fraction of sp³-hybridized carbons (Fsp3) is 0.304. The topological polar surface area (TPSA) is 111 Å². The predicted molar refractivity (Wildman–Crippen MR) is 126 cm³/mol. The van der Waals surface area contributed by atoms with Crippen LogP contribution in [0.4, 0.5) is 5.69 Å². The van der Waals surface area contributed by atoms with Gasteiger partial charge in [-0.1, -0.05) is 53.0 Å². The van der Waals surface area contributed by atoms with Gasteiger partial charge < -0.3 is 20.5 Å². The molecule has 0 spiro atoms. The Morgan fingerprint density at radius 3 is 2.13 bits per heavy atom. The standard InChI is InChI=1S/C22H26N4O.CH4O2S/c1-15-4-6-17(7-5-15)18-8-10-19(11-9-18)25-22(23)20-14-26(16(2)27)13-12-21(20)24-3;1-4(2)3/h4-11,24H,12-14H2,1-3H3,(H2,23,25);1H3,(H,2,3)/p-1. The molecule has 0 saturated heterocycles. The minimum Gasteiger partial charge on any atom is -0.773 e. The van der Waals surface area contributed by atoms with Gasteiger partial charge in [0.2, 0.25) is 5.91 Å². The molecule has 166 valence electrons. The lowest BCUT2D eigenvalue weighted by Crippen LogP contribution is -2.40. The number of nitrogens with one attached hydrogen (secondary N) is 1. The number of benzene rings is 2. The molecule has 1 heterocycles. The van der Waals surface area contributed by atoms with Crippen LogP contribution < -0.4 is 11.1 Å². The van der Waals surface area contributed by atoms with Crippen LogP contribution in [0.15, 0.2) is 64.8 Å². The summed E-state index contributed by atoms with van der Waals surface area (Å²) in [7, 11) is 1.88. The maximum atomic E-state index is 11.7. The van der Waals surface area contributed by atoms with Gasteiger partial charge in [0, 0.05) is 38.2 Å². The molecular weight excluding hydrogens is 412 g/mol. The van der Waals surface area contributed by atoms with E-state index in [0.29, 0.717) is 18.9 Å². The summed E-state index contributed by atoms with van der Waals surface area (Å²) in [5.74, 6) is 0.506. The van der Waals surface area contributed by atoms with Crippen molar-refractivity contribution in [1.82, 2.24) is 10.2 Å². The van der Waals surface area contributed by atoms with E-state index in [-0.39, 0.29) is 5.91 Å². The fourth-order valence-electron chi connectivity index (χ4n) is 3.22. The Morgan fingerprint density at radius 2 is 1.65 bits per heavy atom. The predicted octanol–water partition coefficient (Wildman–Crippen LogP) is 2.87. The molecule has 2 aromatic carbocycles. The highest BCUT2D eigenvalue weighted by molar-refractivity contribution is 7.78. The van der Waals surface area contributed by atoms with Crippen molar-refractivity contribution in [3.8, 4) is 11.1 Å². The maximum absolute atomic E-state index is 11.7. The number of aryl methyl sites for hydroxylation is 1. The summed E-state index contributed by atoms with van der Waals surface area (Å²) in [5.41, 5.74) is 12.6. The quantitative estimate of drug-likeness (QED) is 0.431. The first-order chi connectivity index (χ1) is 14.7. The Morgan fingerprint density at radius 1 is 1.13 bits per heavy atom. The molecule has 0 saturated carbocycles.